The van der Waals surface area contributed by atoms with Crippen molar-refractivity contribution in [1.29, 1.82) is 0 Å². The molecule has 0 fully saturated rings. The summed E-state index contributed by atoms with van der Waals surface area (Å²) in [5, 5.41) is 3.57. The summed E-state index contributed by atoms with van der Waals surface area (Å²) in [6.45, 7) is 3.58. The van der Waals surface area contributed by atoms with E-state index in [2.05, 4.69) is 10.3 Å². The van der Waals surface area contributed by atoms with Gasteiger partial charge in [0, 0.05) is 6.92 Å². The van der Waals surface area contributed by atoms with E-state index in [-0.39, 0.29) is 35.3 Å². The number of Topliss-reactive ketones (excluding diaryl/α,β-unsaturated/α-hetero) is 1. The van der Waals surface area contributed by atoms with Crippen LogP contribution in [0.2, 0.25) is 0 Å². The summed E-state index contributed by atoms with van der Waals surface area (Å²) in [5.41, 5.74) is 2.09. The maximum absolute atomic E-state index is 13.3. The maximum atomic E-state index is 13.3. The maximum Gasteiger partial charge on any atom is 0.266 e. The van der Waals surface area contributed by atoms with Gasteiger partial charge in [-0.05, 0) is 48.9 Å². The first-order valence-corrected chi connectivity index (χ1v) is 11.0. The summed E-state index contributed by atoms with van der Waals surface area (Å²) < 4.78 is 7.08. The minimum Gasteiger partial charge on any atom is -0.456 e. The van der Waals surface area contributed by atoms with Crippen molar-refractivity contribution in [3.8, 4) is 5.69 Å². The molecular weight excluding hydrogens is 426 g/mol. The smallest absolute Gasteiger partial charge is 0.266 e. The molecule has 0 radical (unpaired) electrons. The monoisotopic (exact) mass is 447 g/mol. The first-order chi connectivity index (χ1) is 15.4. The van der Waals surface area contributed by atoms with E-state index in [4.69, 9.17) is 4.42 Å². The molecule has 32 heavy (non-hydrogen) atoms. The number of carbonyl (C=O) groups excluding carboxylic acids is 2. The van der Waals surface area contributed by atoms with Gasteiger partial charge in [-0.25, -0.2) is 4.98 Å². The number of nitrogens with zero attached hydrogens (tertiary/aromatic N) is 2. The standard InChI is InChI=1S/C24H21N3O4S/c1-15-6-5-7-17(12-15)27-23(30)19-8-3-4-9-20(19)26-24(27)32-14-21(29)22-11-10-18(31-22)13-25-16(2)28/h3-12H,13-14H2,1-2H3,(H,25,28). The number of benzene rings is 2. The van der Waals surface area contributed by atoms with Gasteiger partial charge in [-0.2, -0.15) is 0 Å². The van der Waals surface area contributed by atoms with E-state index in [1.54, 1.807) is 30.3 Å². The van der Waals surface area contributed by atoms with Gasteiger partial charge < -0.3 is 9.73 Å². The average Bonchev–Trinajstić information content (AvgIpc) is 3.25. The third kappa shape index (κ3) is 4.65. The molecule has 0 bridgehead atoms. The highest BCUT2D eigenvalue weighted by Crippen LogP contribution is 2.23. The molecule has 0 aliphatic rings. The second-order valence-corrected chi connectivity index (χ2v) is 8.22. The summed E-state index contributed by atoms with van der Waals surface area (Å²) in [6.07, 6.45) is 0. The van der Waals surface area contributed by atoms with Crippen molar-refractivity contribution in [3.05, 3.63) is 88.1 Å². The fraction of sp³-hybridized carbons (Fsp3) is 0.167. The lowest BCUT2D eigenvalue weighted by Gasteiger charge is -2.13. The predicted molar refractivity (Wildman–Crippen MR) is 123 cm³/mol. The Labute approximate surface area is 188 Å². The third-order valence-corrected chi connectivity index (χ3v) is 5.72. The van der Waals surface area contributed by atoms with E-state index in [0.717, 1.165) is 5.56 Å². The van der Waals surface area contributed by atoms with Crippen molar-refractivity contribution in [1.82, 2.24) is 14.9 Å². The Morgan fingerprint density at radius 3 is 2.69 bits per heavy atom. The molecule has 2 heterocycles. The van der Waals surface area contributed by atoms with Gasteiger partial charge in [-0.1, -0.05) is 36.0 Å². The molecule has 2 aromatic heterocycles. The van der Waals surface area contributed by atoms with E-state index < -0.39 is 0 Å². The van der Waals surface area contributed by atoms with Crippen LogP contribution in [-0.2, 0) is 11.3 Å². The molecule has 0 spiro atoms. The lowest BCUT2D eigenvalue weighted by atomic mass is 10.2. The zero-order valence-corrected chi connectivity index (χ0v) is 18.4. The van der Waals surface area contributed by atoms with Crippen molar-refractivity contribution < 1.29 is 14.0 Å². The Morgan fingerprint density at radius 1 is 1.09 bits per heavy atom. The number of thioether (sulfide) groups is 1. The molecule has 0 atom stereocenters. The molecule has 8 heteroatoms. The summed E-state index contributed by atoms with van der Waals surface area (Å²) in [5.74, 6) is 0.324. The third-order valence-electron chi connectivity index (χ3n) is 4.79. The number of aryl methyl sites for hydroxylation is 1. The van der Waals surface area contributed by atoms with Crippen LogP contribution in [0.4, 0.5) is 0 Å². The van der Waals surface area contributed by atoms with Crippen LogP contribution in [0.1, 0.15) is 28.8 Å². The zero-order chi connectivity index (χ0) is 22.7. The van der Waals surface area contributed by atoms with Gasteiger partial charge in [0.25, 0.3) is 5.56 Å². The number of para-hydroxylation sites is 1. The number of hydrogen-bond donors (Lipinski definition) is 1. The van der Waals surface area contributed by atoms with Crippen LogP contribution in [0, 0.1) is 6.92 Å². The number of furan rings is 1. The molecule has 1 N–H and O–H groups in total. The Morgan fingerprint density at radius 2 is 1.91 bits per heavy atom. The van der Waals surface area contributed by atoms with Crippen LogP contribution in [0.5, 0.6) is 0 Å². The van der Waals surface area contributed by atoms with E-state index in [0.29, 0.717) is 27.5 Å². The lowest BCUT2D eigenvalue weighted by Crippen LogP contribution is -2.22. The lowest BCUT2D eigenvalue weighted by molar-refractivity contribution is -0.119. The predicted octanol–water partition coefficient (Wildman–Crippen LogP) is 3.90. The molecular formula is C24H21N3O4S. The SMILES string of the molecule is CC(=O)NCc1ccc(C(=O)CSc2nc3ccccc3c(=O)n2-c2cccc(C)c2)o1. The van der Waals surface area contributed by atoms with Gasteiger partial charge in [-0.3, -0.25) is 19.0 Å². The molecule has 162 valence electrons. The molecule has 0 aliphatic carbocycles. The van der Waals surface area contributed by atoms with Crippen LogP contribution >= 0.6 is 11.8 Å². The van der Waals surface area contributed by atoms with Gasteiger partial charge in [0.2, 0.25) is 11.7 Å². The molecule has 7 nitrogen and oxygen atoms in total. The normalized spacial score (nSPS) is 10.9. The Hall–Kier alpha value is -3.65. The zero-order valence-electron chi connectivity index (χ0n) is 17.6. The first kappa shape index (κ1) is 21.6. The number of amides is 1. The van der Waals surface area contributed by atoms with Gasteiger partial charge >= 0.3 is 0 Å². The van der Waals surface area contributed by atoms with Crippen molar-refractivity contribution in [3.63, 3.8) is 0 Å². The number of ketones is 1. The van der Waals surface area contributed by atoms with Crippen molar-refractivity contribution in [2.45, 2.75) is 25.5 Å². The van der Waals surface area contributed by atoms with E-state index in [1.807, 2.05) is 37.3 Å². The quantitative estimate of drug-likeness (QED) is 0.262. The molecule has 2 aromatic carbocycles. The van der Waals surface area contributed by atoms with E-state index in [9.17, 15) is 14.4 Å². The molecule has 0 saturated carbocycles. The minimum atomic E-state index is -0.234. The van der Waals surface area contributed by atoms with Gasteiger partial charge in [0.15, 0.2) is 10.9 Å². The highest BCUT2D eigenvalue weighted by Gasteiger charge is 2.17. The second-order valence-electron chi connectivity index (χ2n) is 7.28. The number of carbonyl (C=O) groups is 2. The fourth-order valence-electron chi connectivity index (χ4n) is 3.24. The van der Waals surface area contributed by atoms with Gasteiger partial charge in [-0.15, -0.1) is 0 Å². The van der Waals surface area contributed by atoms with Crippen molar-refractivity contribution >= 4 is 34.4 Å². The second kappa shape index (κ2) is 9.23. The Balaban J connectivity index is 1.64. The number of fused-ring (bicyclic) bond motifs is 1. The Kier molecular flexibility index (Phi) is 6.23. The summed E-state index contributed by atoms with van der Waals surface area (Å²) in [4.78, 5) is 41.7. The summed E-state index contributed by atoms with van der Waals surface area (Å²) in [6, 6.07) is 18.0. The van der Waals surface area contributed by atoms with E-state index >= 15 is 0 Å². The van der Waals surface area contributed by atoms with Crippen molar-refractivity contribution in [2.24, 2.45) is 0 Å². The highest BCUT2D eigenvalue weighted by atomic mass is 32.2. The largest absolute Gasteiger partial charge is 0.456 e. The molecule has 0 saturated heterocycles. The number of aromatic nitrogens is 2. The minimum absolute atomic E-state index is 0.0453. The first-order valence-electron chi connectivity index (χ1n) is 10.0. The summed E-state index contributed by atoms with van der Waals surface area (Å²) in [7, 11) is 0. The van der Waals surface area contributed by atoms with Crippen LogP contribution in [-0.4, -0.2) is 27.0 Å². The molecule has 0 aliphatic heterocycles. The highest BCUT2D eigenvalue weighted by molar-refractivity contribution is 7.99. The topological polar surface area (TPSA) is 94.2 Å². The van der Waals surface area contributed by atoms with Gasteiger partial charge in [0.1, 0.15) is 5.76 Å². The molecule has 1 amide bonds. The van der Waals surface area contributed by atoms with Crippen LogP contribution < -0.4 is 10.9 Å². The number of nitrogens with one attached hydrogen (secondary N) is 1. The Bertz CT molecular complexity index is 1370. The van der Waals surface area contributed by atoms with Gasteiger partial charge in [0.05, 0.1) is 28.9 Å². The van der Waals surface area contributed by atoms with Crippen LogP contribution in [0.15, 0.2) is 75.0 Å². The number of hydrogen-bond acceptors (Lipinski definition) is 6. The average molecular weight is 448 g/mol. The molecule has 4 aromatic rings. The van der Waals surface area contributed by atoms with E-state index in [1.165, 1.54) is 23.3 Å². The summed E-state index contributed by atoms with van der Waals surface area (Å²) >= 11 is 1.18. The number of rotatable bonds is 7. The fourth-order valence-corrected chi connectivity index (χ4v) is 4.12. The van der Waals surface area contributed by atoms with Crippen molar-refractivity contribution in [2.75, 3.05) is 5.75 Å². The molecule has 0 unspecified atom stereocenters. The molecule has 4 rings (SSSR count). The van der Waals surface area contributed by atoms with Crippen LogP contribution in [0.25, 0.3) is 16.6 Å². The van der Waals surface area contributed by atoms with Crippen LogP contribution in [0.3, 0.4) is 0 Å².